The van der Waals surface area contributed by atoms with Crippen LogP contribution in [0.25, 0.3) is 0 Å². The molecule has 0 spiro atoms. The molecule has 0 bridgehead atoms. The van der Waals surface area contributed by atoms with Gasteiger partial charge in [-0.15, -0.1) is 0 Å². The average molecular weight is 587 g/mol. The molecule has 8 heteroatoms. The molecule has 0 unspecified atom stereocenters. The van der Waals surface area contributed by atoms with Gasteiger partial charge in [0.05, 0.1) is 6.10 Å². The van der Waals surface area contributed by atoms with Gasteiger partial charge < -0.3 is 19.7 Å². The summed E-state index contributed by atoms with van der Waals surface area (Å²) in [6, 6.07) is 0. The fourth-order valence-electron chi connectivity index (χ4n) is 9.82. The minimum Gasteiger partial charge on any atom is -0.478 e. The van der Waals surface area contributed by atoms with Gasteiger partial charge in [0.2, 0.25) is 0 Å². The molecule has 0 aromatic heterocycles. The maximum absolute atomic E-state index is 13.1. The predicted molar refractivity (Wildman–Crippen MR) is 157 cm³/mol. The first-order valence-electron chi connectivity index (χ1n) is 15.5. The number of fused-ring (bicyclic) bond motifs is 4. The average Bonchev–Trinajstić information content (AvgIpc) is 3.10. The highest BCUT2D eigenvalue weighted by Crippen LogP contribution is 2.72. The lowest BCUT2D eigenvalue weighted by Gasteiger charge is -2.62. The lowest BCUT2D eigenvalue weighted by molar-refractivity contribution is -0.155. The third-order valence-corrected chi connectivity index (χ3v) is 12.5. The van der Waals surface area contributed by atoms with Crippen LogP contribution in [0, 0.1) is 39.4 Å². The van der Waals surface area contributed by atoms with Gasteiger partial charge in [-0.3, -0.25) is 14.4 Å². The number of ketones is 1. The van der Waals surface area contributed by atoms with Crippen LogP contribution in [-0.2, 0) is 28.7 Å². The summed E-state index contributed by atoms with van der Waals surface area (Å²) in [5.74, 6) is -1.75. The number of aliphatic carboxylic acids is 1. The highest BCUT2D eigenvalue weighted by Gasteiger charge is 2.69. The molecule has 0 heterocycles. The fraction of sp³-hybridized carbons (Fsp3) is 0.765. The summed E-state index contributed by atoms with van der Waals surface area (Å²) in [4.78, 5) is 49.2. The quantitative estimate of drug-likeness (QED) is 0.218. The molecule has 0 aliphatic heterocycles. The largest absolute Gasteiger partial charge is 0.478 e. The molecule has 8 nitrogen and oxygen atoms in total. The van der Waals surface area contributed by atoms with Crippen molar-refractivity contribution in [1.29, 1.82) is 0 Å². The number of carbonyl (C=O) groups is 4. The van der Waals surface area contributed by atoms with Gasteiger partial charge in [0, 0.05) is 43.1 Å². The number of aliphatic hydroxyl groups excluding tert-OH is 1. The highest BCUT2D eigenvalue weighted by molar-refractivity contribution is 5.86. The van der Waals surface area contributed by atoms with E-state index in [1.54, 1.807) is 6.08 Å². The SMILES string of the molecule is CC(=O)O[C@@H](CC=C(C)C(=O)O)[C@@H](C)[C@H]1C[C@H](O)[C@@]2(C)C3=C(CC[C@]12C)[C@@]1(C)CCC(=O)C(C)(C)[C@@H]1C[C@H]3OC(C)=O. The summed E-state index contributed by atoms with van der Waals surface area (Å²) in [6.45, 7) is 17.0. The van der Waals surface area contributed by atoms with Gasteiger partial charge in [-0.2, -0.15) is 0 Å². The van der Waals surface area contributed by atoms with Gasteiger partial charge in [-0.1, -0.05) is 53.2 Å². The molecule has 0 aromatic carbocycles. The van der Waals surface area contributed by atoms with E-state index in [0.717, 1.165) is 24.8 Å². The monoisotopic (exact) mass is 586 g/mol. The summed E-state index contributed by atoms with van der Waals surface area (Å²) in [5.41, 5.74) is 0.574. The van der Waals surface area contributed by atoms with Crippen molar-refractivity contribution in [1.82, 2.24) is 0 Å². The standard InChI is InChI=1S/C34H50O8/c1-18(30(39)40)10-11-24(41-20(3)35)19(2)23-16-28(38)34(9)29-22(12-15-33(23,34)8)32(7)14-13-27(37)31(5,6)26(32)17-25(29)42-21(4)36/h10,19,23-26,28,38H,11-17H2,1-9H3,(H,39,40)/t19-,23+,24-,25+,26-,28-,32+,33+,34-/m0/s1. The minimum absolute atomic E-state index is 0.0215. The van der Waals surface area contributed by atoms with E-state index in [2.05, 4.69) is 20.8 Å². The van der Waals surface area contributed by atoms with Crippen molar-refractivity contribution >= 4 is 23.7 Å². The summed E-state index contributed by atoms with van der Waals surface area (Å²) >= 11 is 0. The van der Waals surface area contributed by atoms with Crippen molar-refractivity contribution < 1.29 is 38.9 Å². The van der Waals surface area contributed by atoms with Gasteiger partial charge in [-0.25, -0.2) is 4.79 Å². The number of Topliss-reactive ketones (excluding diaryl/α,β-unsaturated/α-hetero) is 1. The molecule has 42 heavy (non-hydrogen) atoms. The molecule has 2 saturated carbocycles. The number of carboxylic acid groups (broad SMARTS) is 1. The molecule has 2 fully saturated rings. The van der Waals surface area contributed by atoms with Crippen LogP contribution < -0.4 is 0 Å². The number of ether oxygens (including phenoxy) is 2. The zero-order valence-electron chi connectivity index (χ0n) is 26.8. The second-order valence-corrected chi connectivity index (χ2v) is 14.8. The molecule has 9 atom stereocenters. The van der Waals surface area contributed by atoms with E-state index < -0.39 is 46.5 Å². The van der Waals surface area contributed by atoms with E-state index in [0.29, 0.717) is 19.3 Å². The van der Waals surface area contributed by atoms with Crippen LogP contribution in [0.3, 0.4) is 0 Å². The topological polar surface area (TPSA) is 127 Å². The minimum atomic E-state index is -1.01. The number of hydrogen-bond donors (Lipinski definition) is 2. The van der Waals surface area contributed by atoms with E-state index in [1.807, 2.05) is 20.8 Å². The van der Waals surface area contributed by atoms with Gasteiger partial charge in [-0.05, 0) is 73.2 Å². The Morgan fingerprint density at radius 1 is 1.00 bits per heavy atom. The molecule has 0 saturated heterocycles. The third kappa shape index (κ3) is 4.86. The van der Waals surface area contributed by atoms with Crippen LogP contribution in [0.1, 0.15) is 107 Å². The maximum Gasteiger partial charge on any atom is 0.330 e. The number of carbonyl (C=O) groups excluding carboxylic acids is 3. The predicted octanol–water partition coefficient (Wildman–Crippen LogP) is 5.81. The Hall–Kier alpha value is -2.48. The Morgan fingerprint density at radius 3 is 2.21 bits per heavy atom. The molecule has 0 radical (unpaired) electrons. The third-order valence-electron chi connectivity index (χ3n) is 12.5. The van der Waals surface area contributed by atoms with E-state index >= 15 is 0 Å². The van der Waals surface area contributed by atoms with Crippen molar-refractivity contribution in [2.24, 2.45) is 39.4 Å². The summed E-state index contributed by atoms with van der Waals surface area (Å²) in [5, 5.41) is 21.4. The zero-order chi connectivity index (χ0) is 31.6. The van der Waals surface area contributed by atoms with Crippen LogP contribution in [0.4, 0.5) is 0 Å². The van der Waals surface area contributed by atoms with Crippen LogP contribution in [0.15, 0.2) is 22.8 Å². The van der Waals surface area contributed by atoms with Crippen molar-refractivity contribution in [3.63, 3.8) is 0 Å². The number of allylic oxidation sites excluding steroid dienone is 1. The second-order valence-electron chi connectivity index (χ2n) is 14.8. The number of rotatable bonds is 7. The smallest absolute Gasteiger partial charge is 0.330 e. The van der Waals surface area contributed by atoms with Gasteiger partial charge in [0.1, 0.15) is 18.0 Å². The summed E-state index contributed by atoms with van der Waals surface area (Å²) in [6.07, 6.45) is 3.95. The first kappa shape index (κ1) is 32.4. The van der Waals surface area contributed by atoms with Crippen molar-refractivity contribution in [2.75, 3.05) is 0 Å². The van der Waals surface area contributed by atoms with Crippen LogP contribution in [0.5, 0.6) is 0 Å². The van der Waals surface area contributed by atoms with Gasteiger partial charge >= 0.3 is 17.9 Å². The molecule has 2 N–H and O–H groups in total. The Bertz CT molecular complexity index is 1230. The van der Waals surface area contributed by atoms with Crippen molar-refractivity contribution in [2.45, 2.75) is 126 Å². The van der Waals surface area contributed by atoms with Crippen molar-refractivity contribution in [3.05, 3.63) is 22.8 Å². The van der Waals surface area contributed by atoms with Crippen LogP contribution in [0.2, 0.25) is 0 Å². The number of aliphatic hydroxyl groups is 1. The van der Waals surface area contributed by atoms with Gasteiger partial charge in [0.25, 0.3) is 0 Å². The normalized spacial score (nSPS) is 39.0. The zero-order valence-corrected chi connectivity index (χ0v) is 26.8. The fourth-order valence-corrected chi connectivity index (χ4v) is 9.82. The lowest BCUT2D eigenvalue weighted by Crippen LogP contribution is -2.59. The van der Waals surface area contributed by atoms with E-state index in [1.165, 1.54) is 26.3 Å². The lowest BCUT2D eigenvalue weighted by atomic mass is 9.42. The first-order valence-corrected chi connectivity index (χ1v) is 15.5. The Labute approximate surface area is 250 Å². The number of esters is 2. The van der Waals surface area contributed by atoms with Gasteiger partial charge in [0.15, 0.2) is 0 Å². The molecule has 0 aromatic rings. The molecular formula is C34H50O8. The highest BCUT2D eigenvalue weighted by atomic mass is 16.5. The van der Waals surface area contributed by atoms with E-state index in [4.69, 9.17) is 9.47 Å². The van der Waals surface area contributed by atoms with Crippen molar-refractivity contribution in [3.8, 4) is 0 Å². The number of carboxylic acids is 1. The summed E-state index contributed by atoms with van der Waals surface area (Å²) < 4.78 is 11.9. The Kier molecular flexibility index (Phi) is 8.42. The molecule has 234 valence electrons. The second kappa shape index (κ2) is 10.9. The first-order chi connectivity index (χ1) is 19.3. The maximum atomic E-state index is 13.1. The Balaban J connectivity index is 1.82. The summed E-state index contributed by atoms with van der Waals surface area (Å²) in [7, 11) is 0. The van der Waals surface area contributed by atoms with E-state index in [9.17, 15) is 29.4 Å². The van der Waals surface area contributed by atoms with E-state index in [-0.39, 0.29) is 46.9 Å². The number of hydrogen-bond acceptors (Lipinski definition) is 7. The molecule has 4 rings (SSSR count). The molecular weight excluding hydrogens is 536 g/mol. The van der Waals surface area contributed by atoms with Crippen LogP contribution >= 0.6 is 0 Å². The molecule has 4 aliphatic rings. The molecule has 4 aliphatic carbocycles. The van der Waals surface area contributed by atoms with Crippen LogP contribution in [-0.4, -0.2) is 52.2 Å². The molecule has 0 amide bonds. The Morgan fingerprint density at radius 2 is 1.64 bits per heavy atom.